The van der Waals surface area contributed by atoms with E-state index in [1.54, 1.807) is 6.92 Å². The van der Waals surface area contributed by atoms with Crippen LogP contribution in [-0.4, -0.2) is 31.8 Å². The van der Waals surface area contributed by atoms with E-state index < -0.39 is 6.09 Å². The lowest BCUT2D eigenvalue weighted by molar-refractivity contribution is 0.162. The molecule has 0 saturated heterocycles. The highest BCUT2D eigenvalue weighted by Gasteiger charge is 2.02. The SMILES string of the molecule is CCOC(=O)N=c1nc(N(C)C)ss1. The Balaban J connectivity index is 2.80. The lowest BCUT2D eigenvalue weighted by atomic mass is 10.9. The van der Waals surface area contributed by atoms with Gasteiger partial charge >= 0.3 is 6.09 Å². The van der Waals surface area contributed by atoms with Gasteiger partial charge in [-0.15, -0.1) is 4.99 Å². The van der Waals surface area contributed by atoms with Crippen molar-refractivity contribution in [2.24, 2.45) is 4.99 Å². The molecule has 1 aromatic rings. The van der Waals surface area contributed by atoms with Crippen molar-refractivity contribution in [2.75, 3.05) is 25.6 Å². The highest BCUT2D eigenvalue weighted by atomic mass is 32.9. The van der Waals surface area contributed by atoms with Crippen molar-refractivity contribution < 1.29 is 9.53 Å². The molecule has 7 heteroatoms. The summed E-state index contributed by atoms with van der Waals surface area (Å²) in [4.78, 5) is 21.1. The molecular formula is C7H11N3O2S2. The van der Waals surface area contributed by atoms with Crippen LogP contribution in [0.1, 0.15) is 6.92 Å². The molecule has 1 aromatic heterocycles. The average molecular weight is 233 g/mol. The van der Waals surface area contributed by atoms with Crippen molar-refractivity contribution in [2.45, 2.75) is 6.92 Å². The summed E-state index contributed by atoms with van der Waals surface area (Å²) in [6, 6.07) is 0. The molecule has 0 aliphatic carbocycles. The average Bonchev–Trinajstić information content (AvgIpc) is 2.53. The Labute approximate surface area is 89.1 Å². The van der Waals surface area contributed by atoms with Gasteiger partial charge in [-0.05, 0) is 27.6 Å². The third-order valence-electron chi connectivity index (χ3n) is 1.22. The maximum atomic E-state index is 11.0. The number of anilines is 1. The number of amides is 1. The van der Waals surface area contributed by atoms with Gasteiger partial charge in [0.25, 0.3) is 0 Å². The Morgan fingerprint density at radius 2 is 2.29 bits per heavy atom. The van der Waals surface area contributed by atoms with Gasteiger partial charge in [0, 0.05) is 14.1 Å². The minimum Gasteiger partial charge on any atom is -0.448 e. The van der Waals surface area contributed by atoms with Gasteiger partial charge < -0.3 is 9.64 Å². The van der Waals surface area contributed by atoms with Crippen molar-refractivity contribution in [3.63, 3.8) is 0 Å². The lowest BCUT2D eigenvalue weighted by Gasteiger charge is -2.03. The Morgan fingerprint density at radius 3 is 2.79 bits per heavy atom. The number of carbonyl (C=O) groups excluding carboxylic acids is 1. The third kappa shape index (κ3) is 3.08. The summed E-state index contributed by atoms with van der Waals surface area (Å²) in [6.45, 7) is 2.07. The summed E-state index contributed by atoms with van der Waals surface area (Å²) in [5, 5.41) is 0.832. The highest BCUT2D eigenvalue weighted by molar-refractivity contribution is 7.69. The predicted octanol–water partition coefficient (Wildman–Crippen LogP) is 1.33. The van der Waals surface area contributed by atoms with Gasteiger partial charge in [0.15, 0.2) is 5.13 Å². The van der Waals surface area contributed by atoms with E-state index in [9.17, 15) is 4.79 Å². The second-order valence-electron chi connectivity index (χ2n) is 2.55. The first-order valence-corrected chi connectivity index (χ1v) is 6.14. The van der Waals surface area contributed by atoms with Gasteiger partial charge in [-0.2, -0.15) is 4.98 Å². The van der Waals surface area contributed by atoms with Crippen molar-refractivity contribution in [1.29, 1.82) is 0 Å². The van der Waals surface area contributed by atoms with Gasteiger partial charge in [0.2, 0.25) is 4.80 Å². The quantitative estimate of drug-likeness (QED) is 0.723. The molecule has 14 heavy (non-hydrogen) atoms. The largest absolute Gasteiger partial charge is 0.448 e. The van der Waals surface area contributed by atoms with Crippen LogP contribution in [-0.2, 0) is 4.74 Å². The summed E-state index contributed by atoms with van der Waals surface area (Å²) < 4.78 is 4.67. The molecule has 0 fully saturated rings. The molecule has 0 aromatic carbocycles. The summed E-state index contributed by atoms with van der Waals surface area (Å²) in [7, 11) is 6.60. The minimum atomic E-state index is -0.584. The zero-order chi connectivity index (χ0) is 10.6. The summed E-state index contributed by atoms with van der Waals surface area (Å²) in [6.07, 6.45) is -0.584. The number of rotatable bonds is 2. The molecular weight excluding hydrogens is 222 g/mol. The van der Waals surface area contributed by atoms with E-state index in [0.29, 0.717) is 11.4 Å². The molecule has 1 amide bonds. The lowest BCUT2D eigenvalue weighted by Crippen LogP contribution is -2.12. The monoisotopic (exact) mass is 233 g/mol. The highest BCUT2D eigenvalue weighted by Crippen LogP contribution is 2.15. The molecule has 0 bridgehead atoms. The molecule has 0 saturated carbocycles. The fourth-order valence-electron chi connectivity index (χ4n) is 0.646. The van der Waals surface area contributed by atoms with E-state index in [1.165, 1.54) is 20.7 Å². The summed E-state index contributed by atoms with van der Waals surface area (Å²) >= 11 is 0. The van der Waals surface area contributed by atoms with Gasteiger partial charge in [0.05, 0.1) is 6.61 Å². The van der Waals surface area contributed by atoms with E-state index >= 15 is 0 Å². The molecule has 0 radical (unpaired) electrons. The normalized spacial score (nSPS) is 11.5. The Hall–Kier alpha value is -0.950. The van der Waals surface area contributed by atoms with Crippen molar-refractivity contribution >= 4 is 31.9 Å². The summed E-state index contributed by atoms with van der Waals surface area (Å²) in [5.74, 6) is 0. The van der Waals surface area contributed by atoms with Crippen molar-refractivity contribution in [1.82, 2.24) is 4.98 Å². The van der Waals surface area contributed by atoms with E-state index in [0.717, 1.165) is 5.13 Å². The van der Waals surface area contributed by atoms with Crippen molar-refractivity contribution in [3.8, 4) is 0 Å². The fourth-order valence-corrected chi connectivity index (χ4v) is 2.59. The molecule has 78 valence electrons. The summed E-state index contributed by atoms with van der Waals surface area (Å²) in [5.41, 5.74) is 0. The molecule has 0 spiro atoms. The maximum Gasteiger partial charge on any atom is 0.436 e. The fraction of sp³-hybridized carbons (Fsp3) is 0.571. The zero-order valence-electron chi connectivity index (χ0n) is 8.18. The first-order valence-electron chi connectivity index (χ1n) is 3.99. The molecule has 5 nitrogen and oxygen atoms in total. The minimum absolute atomic E-state index is 0.331. The van der Waals surface area contributed by atoms with Gasteiger partial charge in [0.1, 0.15) is 0 Å². The topological polar surface area (TPSA) is 54.8 Å². The van der Waals surface area contributed by atoms with E-state index in [4.69, 9.17) is 0 Å². The van der Waals surface area contributed by atoms with Gasteiger partial charge in [-0.25, -0.2) is 4.79 Å². The number of aromatic nitrogens is 1. The van der Waals surface area contributed by atoms with Gasteiger partial charge in [-0.1, -0.05) is 0 Å². The maximum absolute atomic E-state index is 11.0. The second kappa shape index (κ2) is 5.06. The van der Waals surface area contributed by atoms with Crippen LogP contribution in [0.2, 0.25) is 0 Å². The van der Waals surface area contributed by atoms with Crippen LogP contribution in [0.3, 0.4) is 0 Å². The Kier molecular flexibility index (Phi) is 4.02. The Bertz CT molecular complexity index is 369. The van der Waals surface area contributed by atoms with Crippen LogP contribution in [0.25, 0.3) is 0 Å². The van der Waals surface area contributed by atoms with Crippen LogP contribution in [0.4, 0.5) is 9.93 Å². The smallest absolute Gasteiger partial charge is 0.436 e. The first kappa shape index (κ1) is 11.1. The van der Waals surface area contributed by atoms with E-state index in [2.05, 4.69) is 14.7 Å². The second-order valence-corrected chi connectivity index (χ2v) is 4.61. The molecule has 0 atom stereocenters. The number of carbonyl (C=O) groups is 1. The van der Waals surface area contributed by atoms with Gasteiger partial charge in [-0.3, -0.25) is 0 Å². The molecule has 0 unspecified atom stereocenters. The molecule has 0 aliphatic rings. The number of hydrogen-bond donors (Lipinski definition) is 0. The van der Waals surface area contributed by atoms with Crippen LogP contribution in [0.5, 0.6) is 0 Å². The number of nitrogens with zero attached hydrogens (tertiary/aromatic N) is 3. The third-order valence-corrected chi connectivity index (χ3v) is 3.38. The Morgan fingerprint density at radius 1 is 1.57 bits per heavy atom. The number of ether oxygens (including phenoxy) is 1. The van der Waals surface area contributed by atoms with E-state index in [-0.39, 0.29) is 0 Å². The van der Waals surface area contributed by atoms with E-state index in [1.807, 2.05) is 19.0 Å². The predicted molar refractivity (Wildman–Crippen MR) is 56.9 cm³/mol. The van der Waals surface area contributed by atoms with Crippen molar-refractivity contribution in [3.05, 3.63) is 4.80 Å². The zero-order valence-corrected chi connectivity index (χ0v) is 9.81. The molecule has 0 N–H and O–H groups in total. The molecule has 0 aliphatic heterocycles. The standard InChI is InChI=1S/C7H11N3O2S2/c1-4-12-7(11)9-5-8-6(10(2)3)14-13-5/h4H2,1-3H3. The van der Waals surface area contributed by atoms with Crippen LogP contribution in [0, 0.1) is 0 Å². The first-order chi connectivity index (χ1) is 6.63. The number of hydrogen-bond acceptors (Lipinski definition) is 6. The molecule has 1 heterocycles. The van der Waals surface area contributed by atoms with Crippen LogP contribution < -0.4 is 9.70 Å². The van der Waals surface area contributed by atoms with Crippen LogP contribution in [0.15, 0.2) is 4.99 Å². The molecule has 1 rings (SSSR count). The van der Waals surface area contributed by atoms with Crippen LogP contribution >= 0.6 is 20.7 Å².